The van der Waals surface area contributed by atoms with E-state index in [0.29, 0.717) is 22.0 Å². The summed E-state index contributed by atoms with van der Waals surface area (Å²) in [5.41, 5.74) is 0.735. The Hall–Kier alpha value is -0.840. The number of aromatic carboxylic acids is 1. The Kier molecular flexibility index (Phi) is 3.33. The molecule has 0 radical (unpaired) electrons. The second kappa shape index (κ2) is 4.57. The van der Waals surface area contributed by atoms with Gasteiger partial charge in [-0.25, -0.2) is 9.78 Å². The molecule has 0 amide bonds. The largest absolute Gasteiger partial charge is 0.476 e. The monoisotopic (exact) mass is 275 g/mol. The van der Waals surface area contributed by atoms with Gasteiger partial charge in [-0.1, -0.05) is 17.7 Å². The van der Waals surface area contributed by atoms with Gasteiger partial charge in [0, 0.05) is 16.0 Å². The van der Waals surface area contributed by atoms with Gasteiger partial charge in [-0.05, 0) is 12.5 Å². The van der Waals surface area contributed by atoms with Crippen molar-refractivity contribution in [2.45, 2.75) is 11.8 Å². The fourth-order valence-corrected chi connectivity index (χ4v) is 3.10. The predicted octanol–water partition coefficient (Wildman–Crippen LogP) is 3.36. The van der Waals surface area contributed by atoms with Gasteiger partial charge < -0.3 is 5.11 Å². The van der Waals surface area contributed by atoms with Gasteiger partial charge in [-0.15, -0.1) is 22.9 Å². The number of rotatable bonds is 2. The van der Waals surface area contributed by atoms with Crippen molar-refractivity contribution in [3.63, 3.8) is 0 Å². The molecule has 1 aliphatic carbocycles. The fraction of sp³-hybridized carbons (Fsp3) is 0.200. The van der Waals surface area contributed by atoms with Crippen molar-refractivity contribution in [1.82, 2.24) is 4.98 Å². The number of halogens is 2. The summed E-state index contributed by atoms with van der Waals surface area (Å²) in [6.07, 6.45) is 4.32. The van der Waals surface area contributed by atoms with E-state index in [1.54, 1.807) is 6.08 Å². The van der Waals surface area contributed by atoms with Gasteiger partial charge in [0.05, 0.1) is 5.38 Å². The number of alkyl halides is 1. The molecule has 1 aliphatic rings. The number of carboxylic acids is 1. The topological polar surface area (TPSA) is 50.2 Å². The van der Waals surface area contributed by atoms with Crippen LogP contribution in [-0.2, 0) is 0 Å². The van der Waals surface area contributed by atoms with E-state index in [1.165, 1.54) is 16.7 Å². The first-order chi connectivity index (χ1) is 7.59. The van der Waals surface area contributed by atoms with Gasteiger partial charge in [0.15, 0.2) is 5.69 Å². The zero-order chi connectivity index (χ0) is 11.7. The number of aromatic nitrogens is 1. The van der Waals surface area contributed by atoms with Gasteiger partial charge in [0.1, 0.15) is 5.01 Å². The third-order valence-corrected chi connectivity index (χ3v) is 3.73. The lowest BCUT2D eigenvalue weighted by Crippen LogP contribution is -2.06. The number of thiazole rings is 1. The highest BCUT2D eigenvalue weighted by Crippen LogP contribution is 2.35. The molecule has 1 heterocycles. The smallest absolute Gasteiger partial charge is 0.355 e. The number of hydrogen-bond donors (Lipinski definition) is 1. The Morgan fingerprint density at radius 3 is 2.94 bits per heavy atom. The van der Waals surface area contributed by atoms with Gasteiger partial charge in [-0.3, -0.25) is 0 Å². The van der Waals surface area contributed by atoms with Gasteiger partial charge >= 0.3 is 5.97 Å². The summed E-state index contributed by atoms with van der Waals surface area (Å²) in [6, 6.07) is 0. The molecular weight excluding hydrogens is 269 g/mol. The Labute approximate surface area is 106 Å². The van der Waals surface area contributed by atoms with E-state index in [9.17, 15) is 4.79 Å². The highest BCUT2D eigenvalue weighted by atomic mass is 35.5. The van der Waals surface area contributed by atoms with E-state index in [0.717, 1.165) is 0 Å². The molecule has 0 aromatic carbocycles. The average molecular weight is 276 g/mol. The van der Waals surface area contributed by atoms with Gasteiger partial charge in [-0.2, -0.15) is 0 Å². The molecule has 1 aromatic rings. The van der Waals surface area contributed by atoms with E-state index in [2.05, 4.69) is 4.98 Å². The Bertz CT molecular complexity index is 493. The minimum atomic E-state index is -1.04. The summed E-state index contributed by atoms with van der Waals surface area (Å²) in [7, 11) is 0. The first-order valence-electron chi connectivity index (χ1n) is 4.49. The first-order valence-corrected chi connectivity index (χ1v) is 6.18. The van der Waals surface area contributed by atoms with Crippen molar-refractivity contribution in [3.05, 3.63) is 33.3 Å². The number of allylic oxidation sites excluding steroid dienone is 4. The summed E-state index contributed by atoms with van der Waals surface area (Å²) in [4.78, 5) is 14.7. The summed E-state index contributed by atoms with van der Waals surface area (Å²) in [5, 5.41) is 11.1. The number of carbonyl (C=O) groups is 1. The van der Waals surface area contributed by atoms with Crippen LogP contribution in [0, 0.1) is 0 Å². The number of hydrogen-bond acceptors (Lipinski definition) is 3. The minimum absolute atomic E-state index is 0.0235. The van der Waals surface area contributed by atoms with Crippen LogP contribution in [0.15, 0.2) is 22.6 Å². The number of carboxylic acid groups (broad SMARTS) is 1. The normalized spacial score (nSPS) is 20.2. The zero-order valence-corrected chi connectivity index (χ0v) is 10.3. The number of nitrogens with zero attached hydrogens (tertiary/aromatic N) is 1. The summed E-state index contributed by atoms with van der Waals surface area (Å²) in [5.74, 6) is -1.04. The molecule has 0 saturated carbocycles. The standard InChI is InChI=1S/C10H7Cl2NO2S/c11-5-2-1-3-6(12)8(5)9-13-7(4-16-9)10(14)15/h1-2,4,6H,3H2,(H,14,15). The van der Waals surface area contributed by atoms with E-state index < -0.39 is 5.97 Å². The predicted molar refractivity (Wildman–Crippen MR) is 65.2 cm³/mol. The molecule has 16 heavy (non-hydrogen) atoms. The van der Waals surface area contributed by atoms with Crippen LogP contribution >= 0.6 is 34.5 Å². The highest BCUT2D eigenvalue weighted by Gasteiger charge is 2.22. The maximum Gasteiger partial charge on any atom is 0.355 e. The molecule has 1 atom stereocenters. The third kappa shape index (κ3) is 2.14. The molecule has 0 aliphatic heterocycles. The summed E-state index contributed by atoms with van der Waals surface area (Å²) < 4.78 is 0. The lowest BCUT2D eigenvalue weighted by atomic mass is 10.1. The molecule has 2 rings (SSSR count). The van der Waals surface area contributed by atoms with Crippen LogP contribution in [0.1, 0.15) is 21.9 Å². The Balaban J connectivity index is 2.42. The molecule has 0 fully saturated rings. The molecule has 1 N–H and O–H groups in total. The molecule has 6 heteroatoms. The minimum Gasteiger partial charge on any atom is -0.476 e. The van der Waals surface area contributed by atoms with Crippen LogP contribution in [0.5, 0.6) is 0 Å². The molecule has 0 bridgehead atoms. The van der Waals surface area contributed by atoms with E-state index in [4.69, 9.17) is 28.3 Å². The maximum atomic E-state index is 10.7. The highest BCUT2D eigenvalue weighted by molar-refractivity contribution is 7.11. The second-order valence-corrected chi connectivity index (χ2v) is 5.00. The molecule has 0 saturated heterocycles. The van der Waals surface area contributed by atoms with Crippen molar-refractivity contribution < 1.29 is 9.90 Å². The average Bonchev–Trinajstić information content (AvgIpc) is 2.66. The molecule has 1 aromatic heterocycles. The van der Waals surface area contributed by atoms with E-state index in [-0.39, 0.29) is 11.1 Å². The summed E-state index contributed by atoms with van der Waals surface area (Å²) in [6.45, 7) is 0. The van der Waals surface area contributed by atoms with Gasteiger partial charge in [0.25, 0.3) is 0 Å². The van der Waals surface area contributed by atoms with Crippen LogP contribution < -0.4 is 0 Å². The van der Waals surface area contributed by atoms with E-state index >= 15 is 0 Å². The van der Waals surface area contributed by atoms with Crippen molar-refractivity contribution in [3.8, 4) is 0 Å². The van der Waals surface area contributed by atoms with Crippen LogP contribution in [-0.4, -0.2) is 21.4 Å². The van der Waals surface area contributed by atoms with Gasteiger partial charge in [0.2, 0.25) is 0 Å². The molecule has 84 valence electrons. The van der Waals surface area contributed by atoms with Crippen LogP contribution in [0.3, 0.4) is 0 Å². The Morgan fingerprint density at radius 1 is 1.62 bits per heavy atom. The SMILES string of the molecule is O=C(O)c1csc(C2=C(Cl)C=CCC2Cl)n1. The Morgan fingerprint density at radius 2 is 2.38 bits per heavy atom. The quantitative estimate of drug-likeness (QED) is 0.842. The van der Waals surface area contributed by atoms with E-state index in [1.807, 2.05) is 6.08 Å². The van der Waals surface area contributed by atoms with Crippen molar-refractivity contribution >= 4 is 46.1 Å². The van der Waals surface area contributed by atoms with Crippen molar-refractivity contribution in [2.24, 2.45) is 0 Å². The third-order valence-electron chi connectivity index (χ3n) is 2.13. The maximum absolute atomic E-state index is 10.7. The fourth-order valence-electron chi connectivity index (χ4n) is 1.38. The molecule has 1 unspecified atom stereocenters. The molecule has 0 spiro atoms. The first kappa shape index (κ1) is 11.6. The lowest BCUT2D eigenvalue weighted by molar-refractivity contribution is 0.0691. The summed E-state index contributed by atoms with van der Waals surface area (Å²) >= 11 is 13.4. The zero-order valence-electron chi connectivity index (χ0n) is 7.98. The second-order valence-electron chi connectivity index (χ2n) is 3.21. The van der Waals surface area contributed by atoms with Crippen LogP contribution in [0.2, 0.25) is 0 Å². The van der Waals surface area contributed by atoms with Crippen molar-refractivity contribution in [2.75, 3.05) is 0 Å². The van der Waals surface area contributed by atoms with Crippen molar-refractivity contribution in [1.29, 1.82) is 0 Å². The molecule has 3 nitrogen and oxygen atoms in total. The van der Waals surface area contributed by atoms with Crippen LogP contribution in [0.4, 0.5) is 0 Å². The molecular formula is C10H7Cl2NO2S. The van der Waals surface area contributed by atoms with Crippen LogP contribution in [0.25, 0.3) is 5.57 Å². The lowest BCUT2D eigenvalue weighted by Gasteiger charge is -2.14.